The number of hydrogen-bond donors (Lipinski definition) is 1. The summed E-state index contributed by atoms with van der Waals surface area (Å²) in [5.41, 5.74) is 0.643. The molecule has 0 saturated carbocycles. The largest absolute Gasteiger partial charge is 0.496 e. The van der Waals surface area contributed by atoms with Crippen molar-refractivity contribution in [3.05, 3.63) is 48.0 Å². The second kappa shape index (κ2) is 7.34. The van der Waals surface area contributed by atoms with E-state index in [2.05, 4.69) is 4.72 Å². The standard InChI is InChI=1S/C16H19NO5S/c1-20-14-10-16(22-3)15(21-2)9-12(14)11-17-23(18,19)13-7-5-4-6-8-13/h4-10,17H,11H2,1-3H3. The molecule has 2 aromatic carbocycles. The van der Waals surface area contributed by atoms with Crippen LogP contribution < -0.4 is 18.9 Å². The van der Waals surface area contributed by atoms with E-state index in [0.717, 1.165) is 0 Å². The first-order valence-corrected chi connectivity index (χ1v) is 8.33. The van der Waals surface area contributed by atoms with E-state index in [0.29, 0.717) is 22.8 Å². The van der Waals surface area contributed by atoms with E-state index in [1.165, 1.54) is 33.5 Å². The highest BCUT2D eigenvalue weighted by Crippen LogP contribution is 2.34. The van der Waals surface area contributed by atoms with E-state index in [-0.39, 0.29) is 11.4 Å². The van der Waals surface area contributed by atoms with Gasteiger partial charge < -0.3 is 14.2 Å². The zero-order valence-electron chi connectivity index (χ0n) is 13.2. The third-order valence-corrected chi connectivity index (χ3v) is 4.71. The fourth-order valence-corrected chi connectivity index (χ4v) is 3.11. The predicted molar refractivity (Wildman–Crippen MR) is 86.6 cm³/mol. The molecule has 0 aliphatic rings. The van der Waals surface area contributed by atoms with Gasteiger partial charge in [0.05, 0.1) is 26.2 Å². The summed E-state index contributed by atoms with van der Waals surface area (Å²) in [6.07, 6.45) is 0. The average Bonchev–Trinajstić information content (AvgIpc) is 2.59. The van der Waals surface area contributed by atoms with Crippen LogP contribution in [0.25, 0.3) is 0 Å². The molecule has 1 N–H and O–H groups in total. The zero-order chi connectivity index (χ0) is 16.9. The van der Waals surface area contributed by atoms with Crippen molar-refractivity contribution in [2.75, 3.05) is 21.3 Å². The van der Waals surface area contributed by atoms with E-state index < -0.39 is 10.0 Å². The van der Waals surface area contributed by atoms with Crippen molar-refractivity contribution in [2.24, 2.45) is 0 Å². The Morgan fingerprint density at radius 3 is 2.00 bits per heavy atom. The molecule has 0 atom stereocenters. The van der Waals surface area contributed by atoms with Crippen molar-refractivity contribution in [1.82, 2.24) is 4.72 Å². The van der Waals surface area contributed by atoms with Crippen LogP contribution >= 0.6 is 0 Å². The van der Waals surface area contributed by atoms with Gasteiger partial charge in [-0.15, -0.1) is 0 Å². The molecule has 0 fully saturated rings. The molecule has 0 spiro atoms. The molecule has 0 aromatic heterocycles. The molecule has 2 rings (SSSR count). The summed E-state index contributed by atoms with van der Waals surface area (Å²) in [6.45, 7) is 0.0702. The van der Waals surface area contributed by atoms with Gasteiger partial charge >= 0.3 is 0 Å². The lowest BCUT2D eigenvalue weighted by Crippen LogP contribution is -2.23. The lowest BCUT2D eigenvalue weighted by Gasteiger charge is -2.14. The van der Waals surface area contributed by atoms with E-state index in [4.69, 9.17) is 14.2 Å². The molecule has 124 valence electrons. The first-order chi connectivity index (χ1) is 11.0. The van der Waals surface area contributed by atoms with Crippen LogP contribution in [0, 0.1) is 0 Å². The van der Waals surface area contributed by atoms with Crippen LogP contribution in [0.4, 0.5) is 0 Å². The van der Waals surface area contributed by atoms with Crippen LogP contribution in [-0.4, -0.2) is 29.7 Å². The molecule has 0 amide bonds. The quantitative estimate of drug-likeness (QED) is 0.838. The smallest absolute Gasteiger partial charge is 0.240 e. The maximum Gasteiger partial charge on any atom is 0.240 e. The predicted octanol–water partition coefficient (Wildman–Crippen LogP) is 2.19. The molecule has 6 nitrogen and oxygen atoms in total. The Balaban J connectivity index is 2.26. The Morgan fingerprint density at radius 1 is 0.870 bits per heavy atom. The van der Waals surface area contributed by atoms with E-state index in [1.54, 1.807) is 30.3 Å². The maximum atomic E-state index is 12.3. The van der Waals surface area contributed by atoms with Gasteiger partial charge in [0, 0.05) is 18.2 Å². The molecule has 0 heterocycles. The van der Waals surface area contributed by atoms with Crippen molar-refractivity contribution < 1.29 is 22.6 Å². The summed E-state index contributed by atoms with van der Waals surface area (Å²) >= 11 is 0. The van der Waals surface area contributed by atoms with Gasteiger partial charge in [0.25, 0.3) is 0 Å². The number of sulfonamides is 1. The van der Waals surface area contributed by atoms with E-state index in [1.807, 2.05) is 0 Å². The SMILES string of the molecule is COc1cc(OC)c(OC)cc1CNS(=O)(=O)c1ccccc1. The second-order valence-corrected chi connectivity index (χ2v) is 6.42. The molecule has 0 saturated heterocycles. The van der Waals surface area contributed by atoms with Gasteiger partial charge in [0.15, 0.2) is 11.5 Å². The third kappa shape index (κ3) is 3.94. The third-order valence-electron chi connectivity index (χ3n) is 3.29. The first kappa shape index (κ1) is 17.1. The first-order valence-electron chi connectivity index (χ1n) is 6.85. The minimum absolute atomic E-state index is 0.0702. The molecule has 2 aromatic rings. The van der Waals surface area contributed by atoms with E-state index >= 15 is 0 Å². The normalized spacial score (nSPS) is 11.1. The van der Waals surface area contributed by atoms with Crippen molar-refractivity contribution in [3.8, 4) is 17.2 Å². The fourth-order valence-electron chi connectivity index (χ4n) is 2.09. The van der Waals surface area contributed by atoms with Crippen molar-refractivity contribution in [2.45, 2.75) is 11.4 Å². The summed E-state index contributed by atoms with van der Waals surface area (Å²) in [5, 5.41) is 0. The number of methoxy groups -OCH3 is 3. The average molecular weight is 337 g/mol. The number of ether oxygens (including phenoxy) is 3. The Hall–Kier alpha value is -2.25. The second-order valence-electron chi connectivity index (χ2n) is 4.66. The molecule has 0 radical (unpaired) electrons. The summed E-state index contributed by atoms with van der Waals surface area (Å²) in [5.74, 6) is 1.53. The van der Waals surface area contributed by atoms with Crippen LogP contribution in [0.5, 0.6) is 17.2 Å². The molecular formula is C16H19NO5S. The van der Waals surface area contributed by atoms with Crippen LogP contribution in [0.2, 0.25) is 0 Å². The van der Waals surface area contributed by atoms with Gasteiger partial charge in [-0.1, -0.05) is 18.2 Å². The fraction of sp³-hybridized carbons (Fsp3) is 0.250. The van der Waals surface area contributed by atoms with E-state index in [9.17, 15) is 8.42 Å². The maximum absolute atomic E-state index is 12.3. The Morgan fingerprint density at radius 2 is 1.43 bits per heavy atom. The van der Waals surface area contributed by atoms with Crippen LogP contribution in [0.1, 0.15) is 5.56 Å². The summed E-state index contributed by atoms with van der Waals surface area (Å²) in [6, 6.07) is 11.5. The monoisotopic (exact) mass is 337 g/mol. The Bertz CT molecular complexity index is 760. The Kier molecular flexibility index (Phi) is 5.46. The number of benzene rings is 2. The van der Waals surface area contributed by atoms with Gasteiger partial charge in [0.1, 0.15) is 5.75 Å². The number of nitrogens with one attached hydrogen (secondary N) is 1. The molecule has 0 aliphatic carbocycles. The summed E-state index contributed by atoms with van der Waals surface area (Å²) in [4.78, 5) is 0.208. The molecule has 0 bridgehead atoms. The van der Waals surface area contributed by atoms with Gasteiger partial charge in [-0.25, -0.2) is 13.1 Å². The molecule has 23 heavy (non-hydrogen) atoms. The highest BCUT2D eigenvalue weighted by molar-refractivity contribution is 7.89. The molecule has 0 unspecified atom stereocenters. The lowest BCUT2D eigenvalue weighted by atomic mass is 10.1. The Labute approximate surface area is 136 Å². The summed E-state index contributed by atoms with van der Waals surface area (Å²) < 4.78 is 42.8. The molecule has 7 heteroatoms. The number of hydrogen-bond acceptors (Lipinski definition) is 5. The molecular weight excluding hydrogens is 318 g/mol. The number of rotatable bonds is 7. The van der Waals surface area contributed by atoms with Crippen molar-refractivity contribution in [1.29, 1.82) is 0 Å². The minimum atomic E-state index is -3.60. The van der Waals surface area contributed by atoms with Crippen LogP contribution in [0.15, 0.2) is 47.4 Å². The molecule has 0 aliphatic heterocycles. The highest BCUT2D eigenvalue weighted by atomic mass is 32.2. The van der Waals surface area contributed by atoms with Crippen molar-refractivity contribution >= 4 is 10.0 Å². The summed E-state index contributed by atoms with van der Waals surface area (Å²) in [7, 11) is 0.953. The van der Waals surface area contributed by atoms with Crippen molar-refractivity contribution in [3.63, 3.8) is 0 Å². The minimum Gasteiger partial charge on any atom is -0.496 e. The van der Waals surface area contributed by atoms with Gasteiger partial charge in [0.2, 0.25) is 10.0 Å². The van der Waals surface area contributed by atoms with Crippen LogP contribution in [0.3, 0.4) is 0 Å². The van der Waals surface area contributed by atoms with Gasteiger partial charge in [-0.05, 0) is 18.2 Å². The lowest BCUT2D eigenvalue weighted by molar-refractivity contribution is 0.347. The highest BCUT2D eigenvalue weighted by Gasteiger charge is 2.16. The van der Waals surface area contributed by atoms with Crippen LogP contribution in [-0.2, 0) is 16.6 Å². The topological polar surface area (TPSA) is 73.9 Å². The van der Waals surface area contributed by atoms with Gasteiger partial charge in [-0.3, -0.25) is 0 Å². The zero-order valence-corrected chi connectivity index (χ0v) is 14.0. The van der Waals surface area contributed by atoms with Gasteiger partial charge in [-0.2, -0.15) is 0 Å².